The van der Waals surface area contributed by atoms with E-state index in [2.05, 4.69) is 45.6 Å². The number of primary amides is 1. The van der Waals surface area contributed by atoms with E-state index in [4.69, 9.17) is 34.1 Å². The number of ether oxygens (including phenoxy) is 4. The molecule has 1 aromatic heterocycles. The fraction of sp³-hybridized carbons (Fsp3) is 0.537. The number of carbonyl (C=O) groups excluding carboxylic acids is 8. The highest BCUT2D eigenvalue weighted by atomic mass is 16.7. The van der Waals surface area contributed by atoms with Gasteiger partial charge in [-0.1, -0.05) is 92.2 Å². The van der Waals surface area contributed by atoms with E-state index >= 15 is 4.79 Å². The number of rotatable bonds is 22. The number of aliphatic hydroxyl groups excluding tert-OH is 2. The summed E-state index contributed by atoms with van der Waals surface area (Å²) in [4.78, 5) is 142. The molecular formula is C80H107N10O18+. The number of aromatic hydroxyl groups is 1. The molecule has 9 rings (SSSR count). The molecule has 584 valence electrons. The van der Waals surface area contributed by atoms with Gasteiger partial charge in [-0.2, -0.15) is 0 Å². The number of hydrogen-bond donors (Lipinski definition) is 9. The molecule has 4 aromatic carbocycles. The van der Waals surface area contributed by atoms with E-state index in [9.17, 15) is 58.5 Å². The lowest BCUT2D eigenvalue weighted by Crippen LogP contribution is -2.54. The number of imide groups is 1. The highest BCUT2D eigenvalue weighted by molar-refractivity contribution is 6.17. The number of amides is 8. The van der Waals surface area contributed by atoms with Crippen molar-refractivity contribution in [1.82, 2.24) is 25.8 Å². The Labute approximate surface area is 628 Å². The first-order chi connectivity index (χ1) is 51.0. The molecule has 0 aliphatic carbocycles. The summed E-state index contributed by atoms with van der Waals surface area (Å²) in [6.07, 6.45) is 9.21. The van der Waals surface area contributed by atoms with Gasteiger partial charge < -0.3 is 80.4 Å². The number of benzene rings is 4. The lowest BCUT2D eigenvalue weighted by molar-refractivity contribution is -0.928. The number of piperidine rings is 1. The van der Waals surface area contributed by atoms with Crippen LogP contribution in [0.25, 0.3) is 38.7 Å². The van der Waals surface area contributed by atoms with Crippen LogP contribution in [0.3, 0.4) is 0 Å². The van der Waals surface area contributed by atoms with E-state index in [1.165, 1.54) is 58.1 Å². The van der Waals surface area contributed by atoms with Crippen LogP contribution in [0.2, 0.25) is 0 Å². The quantitative estimate of drug-likeness (QED) is 0.00790. The number of nitrogens with one attached hydrogen (secondary N) is 5. The third-order valence-corrected chi connectivity index (χ3v) is 22.3. The summed E-state index contributed by atoms with van der Waals surface area (Å²) in [6.45, 7) is 22.7. The Morgan fingerprint density at radius 3 is 2.19 bits per heavy atom. The van der Waals surface area contributed by atoms with Gasteiger partial charge in [0.1, 0.15) is 47.4 Å². The van der Waals surface area contributed by atoms with Gasteiger partial charge in [0.15, 0.2) is 22.4 Å². The molecule has 4 bridgehead atoms. The number of fused-ring (bicyclic) bond motifs is 2. The van der Waals surface area contributed by atoms with E-state index in [0.29, 0.717) is 74.1 Å². The number of esters is 1. The first kappa shape index (κ1) is 82.1. The SMILES string of the molecule is CO[C@H]1/C=C/O[C@@]2(C)Oc3c(C)c(O)c4c(=O)c(c5oc6cc(N7CCC([N+](C)(C)Cc8ccc(NC(=O)[C@H](CCCNC(N)=O)NC(=O)[C@@H](NC(=O)CCCCCN9C(=O)CC(C)C9=O)C(C)C)cc8)CC7)cc(=O)c6nc5c4c3=C2O)NC(=O)/C(C)=C\C=C\[C@H](C)[C@H](O)[C@@H](C)[C@@H](C)[C@@H](C)[C@H](OC(C)=O)[C@@H]1C. The zero-order valence-corrected chi connectivity index (χ0v) is 64.6. The van der Waals surface area contributed by atoms with Crippen molar-refractivity contribution in [1.29, 1.82) is 0 Å². The molecule has 2 saturated heterocycles. The van der Waals surface area contributed by atoms with Crippen LogP contribution in [0.4, 0.5) is 21.9 Å². The number of quaternary nitrogens is 1. The standard InChI is InChI=1S/C80H106N10O18/c1-41(2)64(85-59(93)24-17-16-18-33-89-60(94)37-44(5)78(89)102)77(101)84-55(23-20-32-82-79(81)103)76(100)83-52-27-25-51(26-28-52)40-90(13,14)54-29-34-88(35-30-54)53-38-56(92)65-58(39-53)107-73-66(86-65)61-62-69(96)49(10)72-63(61)74(98)80(12,108-72)105-36-31-57(104-15)48(9)71(106-50(11)91)47(8)45(6)46(7)68(95)42(3)21-19-22-43(4)75(99)87-67(73)70(62)97/h19,21-22,25-28,31,36,38-39,41-42,44-48,54-55,57,64,68,71,95H,16-18,20,23-24,29-30,32-35,37,40H2,1-15H3,(H8-,81,82,83,84,85,86,87,92,93,96,97,98,99,100,101,103)/p+1/b21-19+,36-31+,43-22-/t42-,44?,45+,46-,47+,48+,55-,57-,64-,68-,71-,80-/m0/s1. The van der Waals surface area contributed by atoms with E-state index in [0.717, 1.165) is 5.56 Å². The van der Waals surface area contributed by atoms with Crippen molar-refractivity contribution >= 4 is 103 Å². The van der Waals surface area contributed by atoms with Gasteiger partial charge in [0, 0.05) is 136 Å². The Kier molecular flexibility index (Phi) is 26.3. The molecule has 108 heavy (non-hydrogen) atoms. The second kappa shape index (κ2) is 34.5. The number of phenols is 1. The summed E-state index contributed by atoms with van der Waals surface area (Å²) in [5.74, 6) is -8.62. The zero-order chi connectivity index (χ0) is 79.1. The van der Waals surface area contributed by atoms with Crippen LogP contribution in [-0.2, 0) is 54.3 Å². The van der Waals surface area contributed by atoms with Gasteiger partial charge in [-0.05, 0) is 81.4 Å². The minimum absolute atomic E-state index is 0.0255. The van der Waals surface area contributed by atoms with Crippen molar-refractivity contribution in [3.8, 4) is 11.5 Å². The number of aromatic nitrogens is 1. The Balaban J connectivity index is 0.936. The maximum atomic E-state index is 15.3. The number of nitrogens with zero attached hydrogens (tertiary/aromatic N) is 4. The lowest BCUT2D eigenvalue weighted by Gasteiger charge is -2.43. The van der Waals surface area contributed by atoms with E-state index in [-0.39, 0.29) is 141 Å². The van der Waals surface area contributed by atoms with Crippen LogP contribution in [-0.4, -0.2) is 167 Å². The Morgan fingerprint density at radius 2 is 1.56 bits per heavy atom. The maximum Gasteiger partial charge on any atom is 0.312 e. The van der Waals surface area contributed by atoms with Gasteiger partial charge in [0.05, 0.1) is 49.2 Å². The predicted molar refractivity (Wildman–Crippen MR) is 409 cm³/mol. The Morgan fingerprint density at radius 1 is 0.861 bits per heavy atom. The molecule has 0 spiro atoms. The van der Waals surface area contributed by atoms with Crippen LogP contribution in [0.1, 0.15) is 145 Å². The van der Waals surface area contributed by atoms with Crippen molar-refractivity contribution in [2.24, 2.45) is 47.2 Å². The molecule has 12 atom stereocenters. The molecule has 28 heteroatoms. The molecule has 5 heterocycles. The molecule has 0 saturated carbocycles. The topological polar surface area (TPSA) is 387 Å². The number of anilines is 3. The third-order valence-electron chi connectivity index (χ3n) is 22.3. The number of hydrogen-bond acceptors (Lipinski definition) is 20. The minimum atomic E-state index is -2.01. The van der Waals surface area contributed by atoms with Gasteiger partial charge in [-0.15, -0.1) is 0 Å². The van der Waals surface area contributed by atoms with Crippen LogP contribution in [0, 0.1) is 48.3 Å². The van der Waals surface area contributed by atoms with Gasteiger partial charge >= 0.3 is 17.8 Å². The molecule has 8 amide bonds. The fourth-order valence-electron chi connectivity index (χ4n) is 15.3. The number of likely N-dealkylation sites (tertiary alicyclic amines) is 1. The average Bonchev–Trinajstić information content (AvgIpc) is 1.50. The number of phenolic OH excluding ortho intramolecular Hbond substituents is 1. The maximum absolute atomic E-state index is 15.3. The first-order valence-electron chi connectivity index (χ1n) is 37.4. The summed E-state index contributed by atoms with van der Waals surface area (Å²) in [6, 6.07) is 7.88. The van der Waals surface area contributed by atoms with Crippen molar-refractivity contribution in [2.75, 3.05) is 62.9 Å². The third kappa shape index (κ3) is 18.3. The number of methoxy groups -OCH3 is 1. The smallest absolute Gasteiger partial charge is 0.312 e. The van der Waals surface area contributed by atoms with Crippen LogP contribution in [0.5, 0.6) is 11.5 Å². The van der Waals surface area contributed by atoms with Crippen molar-refractivity contribution in [2.45, 2.75) is 190 Å². The molecule has 1 unspecified atom stereocenters. The summed E-state index contributed by atoms with van der Waals surface area (Å²) in [7, 11) is 5.76. The molecular weight excluding hydrogens is 1390 g/mol. The van der Waals surface area contributed by atoms with Crippen molar-refractivity contribution < 1.29 is 81.5 Å². The zero-order valence-electron chi connectivity index (χ0n) is 64.6. The number of nitrogens with two attached hydrogens (primary N) is 1. The lowest BCUT2D eigenvalue weighted by atomic mass is 9.73. The number of urea groups is 1. The van der Waals surface area contributed by atoms with E-state index in [1.807, 2.05) is 46.8 Å². The molecule has 0 radical (unpaired) electrons. The number of allylic oxidation sites excluding steroid dienone is 2. The number of carbonyl (C=O) groups is 8. The first-order valence-corrected chi connectivity index (χ1v) is 37.4. The van der Waals surface area contributed by atoms with Crippen LogP contribution < -0.4 is 58.0 Å². The molecule has 4 aliphatic heterocycles. The summed E-state index contributed by atoms with van der Waals surface area (Å²) < 4.78 is 31.8. The van der Waals surface area contributed by atoms with Gasteiger partial charge in [0.2, 0.25) is 40.4 Å². The normalized spacial score (nSPS) is 24.9. The second-order valence-electron chi connectivity index (χ2n) is 30.8. The molecule has 2 fully saturated rings. The summed E-state index contributed by atoms with van der Waals surface area (Å²) >= 11 is 0. The average molecular weight is 1500 g/mol. The monoisotopic (exact) mass is 1500 g/mol. The highest BCUT2D eigenvalue weighted by Gasteiger charge is 2.45. The largest absolute Gasteiger partial charge is 0.507 e. The van der Waals surface area contributed by atoms with Gasteiger partial charge in [0.25, 0.3) is 5.91 Å². The van der Waals surface area contributed by atoms with Crippen molar-refractivity contribution in [3.05, 3.63) is 109 Å². The van der Waals surface area contributed by atoms with Crippen molar-refractivity contribution in [3.63, 3.8) is 0 Å². The highest BCUT2D eigenvalue weighted by Crippen LogP contribution is 2.43. The predicted octanol–water partition coefficient (Wildman–Crippen LogP) is 8.05. The van der Waals surface area contributed by atoms with Crippen LogP contribution >= 0.6 is 0 Å². The molecule has 28 nitrogen and oxygen atoms in total. The minimum Gasteiger partial charge on any atom is -0.507 e. The number of unbranched alkanes of at least 4 members (excludes halogenated alkanes) is 2. The Hall–Kier alpha value is -9.93. The molecule has 10 N–H and O–H groups in total. The summed E-state index contributed by atoms with van der Waals surface area (Å²) in [5, 5.41) is 49.5. The van der Waals surface area contributed by atoms with E-state index in [1.54, 1.807) is 57.2 Å². The van der Waals surface area contributed by atoms with Crippen LogP contribution in [0.15, 0.2) is 86.5 Å². The molecule has 5 aromatic rings. The van der Waals surface area contributed by atoms with E-state index < -0.39 is 106 Å². The fourth-order valence-corrected chi connectivity index (χ4v) is 15.3. The van der Waals surface area contributed by atoms with Gasteiger partial charge in [-0.3, -0.25) is 48.1 Å². The van der Waals surface area contributed by atoms with Gasteiger partial charge in [-0.25, -0.2) is 9.78 Å². The second-order valence-corrected chi connectivity index (χ2v) is 30.8. The molecule has 4 aliphatic rings. The Bertz CT molecular complexity index is 4540. The summed E-state index contributed by atoms with van der Waals surface area (Å²) in [5.41, 5.74) is 4.94. The number of aliphatic hydroxyl groups is 2.